The van der Waals surface area contributed by atoms with Gasteiger partial charge >= 0.3 is 6.92 Å². The van der Waals surface area contributed by atoms with Crippen LogP contribution in [-0.2, 0) is 4.65 Å². The molecule has 0 unspecified atom stereocenters. The van der Waals surface area contributed by atoms with Crippen molar-refractivity contribution in [3.63, 3.8) is 0 Å². The van der Waals surface area contributed by atoms with Gasteiger partial charge in [-0.15, -0.1) is 0 Å². The van der Waals surface area contributed by atoms with Gasteiger partial charge in [-0.2, -0.15) is 5.26 Å². The Morgan fingerprint density at radius 3 is 2.43 bits per heavy atom. The third-order valence-corrected chi connectivity index (χ3v) is 4.77. The van der Waals surface area contributed by atoms with Gasteiger partial charge in [0.1, 0.15) is 11.9 Å². The molecule has 1 aliphatic carbocycles. The van der Waals surface area contributed by atoms with Crippen LogP contribution in [0.2, 0.25) is 6.82 Å². The number of nitriles is 1. The summed E-state index contributed by atoms with van der Waals surface area (Å²) < 4.78 is 19.7. The Kier molecular flexibility index (Phi) is 3.99. The predicted octanol–water partition coefficient (Wildman–Crippen LogP) is 3.68. The number of hydrogen-bond acceptors (Lipinski definition) is 2. The van der Waals surface area contributed by atoms with Gasteiger partial charge in [0.15, 0.2) is 0 Å². The highest BCUT2D eigenvalue weighted by molar-refractivity contribution is 6.66. The molecule has 110 valence electrons. The van der Waals surface area contributed by atoms with Gasteiger partial charge < -0.3 is 4.65 Å². The molecule has 0 atom stereocenters. The average Bonchev–Trinajstić information content (AvgIpc) is 3.22. The molecule has 0 amide bonds. The molecule has 1 aliphatic rings. The third kappa shape index (κ3) is 3.03. The number of benzene rings is 1. The summed E-state index contributed by atoms with van der Waals surface area (Å²) in [6.07, 6.45) is 3.28. The van der Waals surface area contributed by atoms with E-state index in [9.17, 15) is 4.39 Å². The monoisotopic (exact) mass is 285 g/mol. The van der Waals surface area contributed by atoms with Crippen molar-refractivity contribution in [3.8, 4) is 6.07 Å². The van der Waals surface area contributed by atoms with E-state index in [2.05, 4.69) is 33.8 Å². The Morgan fingerprint density at radius 1 is 1.29 bits per heavy atom. The Morgan fingerprint density at radius 2 is 1.90 bits per heavy atom. The fraction of sp³-hybridized carbons (Fsp3) is 0.471. The maximum absolute atomic E-state index is 13.4. The molecule has 0 saturated carbocycles. The van der Waals surface area contributed by atoms with Gasteiger partial charge in [-0.1, -0.05) is 38.4 Å². The number of hydrogen-bond donors (Lipinski definition) is 0. The zero-order chi connectivity index (χ0) is 15.8. The second-order valence-corrected chi connectivity index (χ2v) is 6.68. The van der Waals surface area contributed by atoms with Gasteiger partial charge in [0.25, 0.3) is 0 Å². The summed E-state index contributed by atoms with van der Waals surface area (Å²) in [5.41, 5.74) is 1.90. The summed E-state index contributed by atoms with van der Waals surface area (Å²) in [7, 11) is 0. The van der Waals surface area contributed by atoms with E-state index < -0.39 is 5.82 Å². The number of rotatable bonds is 5. The molecule has 1 aromatic carbocycles. The molecule has 1 aromatic rings. The van der Waals surface area contributed by atoms with Crippen molar-refractivity contribution in [1.82, 2.24) is 0 Å². The van der Waals surface area contributed by atoms with Gasteiger partial charge in [0, 0.05) is 5.41 Å². The van der Waals surface area contributed by atoms with E-state index in [4.69, 9.17) is 9.92 Å². The van der Waals surface area contributed by atoms with Crippen molar-refractivity contribution in [3.05, 3.63) is 41.2 Å². The van der Waals surface area contributed by atoms with E-state index in [1.807, 2.05) is 12.9 Å². The third-order valence-electron chi connectivity index (χ3n) is 4.77. The molecule has 0 aromatic heterocycles. The van der Waals surface area contributed by atoms with E-state index in [-0.39, 0.29) is 23.5 Å². The van der Waals surface area contributed by atoms with Gasteiger partial charge in [-0.05, 0) is 37.9 Å². The molecular formula is C17H21BFNO. The zero-order valence-corrected chi connectivity index (χ0v) is 13.3. The van der Waals surface area contributed by atoms with Crippen molar-refractivity contribution in [2.24, 2.45) is 5.41 Å². The van der Waals surface area contributed by atoms with Crippen molar-refractivity contribution < 1.29 is 9.04 Å². The van der Waals surface area contributed by atoms with Crippen LogP contribution in [-0.4, -0.2) is 12.5 Å². The summed E-state index contributed by atoms with van der Waals surface area (Å²) in [6, 6.07) is 6.45. The van der Waals surface area contributed by atoms with Crippen LogP contribution >= 0.6 is 0 Å². The molecule has 2 nitrogen and oxygen atoms in total. The fourth-order valence-corrected chi connectivity index (χ4v) is 2.49. The first-order valence-corrected chi connectivity index (χ1v) is 7.26. The highest BCUT2D eigenvalue weighted by atomic mass is 19.1. The van der Waals surface area contributed by atoms with Crippen molar-refractivity contribution >= 4 is 12.4 Å². The Bertz CT molecular complexity index is 628. The number of nitrogens with zero attached hydrogens (tertiary/aromatic N) is 1. The summed E-state index contributed by atoms with van der Waals surface area (Å²) >= 11 is 0. The molecule has 0 saturated heterocycles. The SMILES string of the molecule is CB(OC(C)(C)C(C)(C)C1=CC1)c1ccc(F)c(C#N)c1. The second kappa shape index (κ2) is 5.31. The quantitative estimate of drug-likeness (QED) is 0.610. The largest absolute Gasteiger partial charge is 0.426 e. The van der Waals surface area contributed by atoms with E-state index >= 15 is 0 Å². The van der Waals surface area contributed by atoms with Crippen LogP contribution < -0.4 is 5.46 Å². The van der Waals surface area contributed by atoms with E-state index in [0.29, 0.717) is 0 Å². The summed E-state index contributed by atoms with van der Waals surface area (Å²) in [5.74, 6) is -0.490. The number of allylic oxidation sites excluding steroid dienone is 1. The lowest BCUT2D eigenvalue weighted by atomic mass is 9.61. The molecule has 0 aliphatic heterocycles. The minimum atomic E-state index is -0.490. The standard InChI is InChI=1S/C17H21BFNO/c1-16(2,13-6-7-13)17(3,4)21-18(5)14-8-9-15(19)12(10-14)11-20/h6,8-10H,7H2,1-5H3. The van der Waals surface area contributed by atoms with Crippen LogP contribution in [0.5, 0.6) is 0 Å². The van der Waals surface area contributed by atoms with Crippen LogP contribution in [0.15, 0.2) is 29.8 Å². The van der Waals surface area contributed by atoms with E-state index in [1.165, 1.54) is 11.6 Å². The summed E-state index contributed by atoms with van der Waals surface area (Å²) in [6.45, 7) is 10.3. The second-order valence-electron chi connectivity index (χ2n) is 6.68. The van der Waals surface area contributed by atoms with E-state index in [1.54, 1.807) is 12.1 Å². The zero-order valence-electron chi connectivity index (χ0n) is 13.3. The van der Waals surface area contributed by atoms with Crippen LogP contribution in [0.3, 0.4) is 0 Å². The maximum atomic E-state index is 13.4. The van der Waals surface area contributed by atoms with Gasteiger partial charge in [0.2, 0.25) is 0 Å². The average molecular weight is 285 g/mol. The van der Waals surface area contributed by atoms with Crippen LogP contribution in [0.4, 0.5) is 4.39 Å². The molecular weight excluding hydrogens is 264 g/mol. The van der Waals surface area contributed by atoms with Crippen LogP contribution in [0, 0.1) is 22.6 Å². The Hall–Kier alpha value is -1.60. The molecule has 2 rings (SSSR count). The fourth-order valence-electron chi connectivity index (χ4n) is 2.49. The minimum Gasteiger partial charge on any atom is -0.426 e. The lowest BCUT2D eigenvalue weighted by molar-refractivity contribution is 0.0137. The van der Waals surface area contributed by atoms with Gasteiger partial charge in [-0.3, -0.25) is 0 Å². The predicted molar refractivity (Wildman–Crippen MR) is 84.0 cm³/mol. The first kappa shape index (κ1) is 15.8. The van der Waals surface area contributed by atoms with E-state index in [0.717, 1.165) is 11.9 Å². The maximum Gasteiger partial charge on any atom is 0.324 e. The van der Waals surface area contributed by atoms with Crippen LogP contribution in [0.1, 0.15) is 39.7 Å². The van der Waals surface area contributed by atoms with Crippen molar-refractivity contribution in [2.75, 3.05) is 0 Å². The molecule has 0 N–H and O–H groups in total. The van der Waals surface area contributed by atoms with Gasteiger partial charge in [-0.25, -0.2) is 4.39 Å². The topological polar surface area (TPSA) is 33.0 Å². The minimum absolute atomic E-state index is 0.0423. The first-order valence-electron chi connectivity index (χ1n) is 7.26. The molecule has 0 fully saturated rings. The molecule has 0 radical (unpaired) electrons. The molecule has 21 heavy (non-hydrogen) atoms. The molecule has 4 heteroatoms. The molecule has 0 bridgehead atoms. The van der Waals surface area contributed by atoms with Crippen molar-refractivity contribution in [1.29, 1.82) is 5.26 Å². The van der Waals surface area contributed by atoms with Gasteiger partial charge in [0.05, 0.1) is 11.2 Å². The molecule has 0 heterocycles. The summed E-state index contributed by atoms with van der Waals surface area (Å²) in [5, 5.41) is 8.93. The summed E-state index contributed by atoms with van der Waals surface area (Å²) in [4.78, 5) is 0. The van der Waals surface area contributed by atoms with Crippen LogP contribution in [0.25, 0.3) is 0 Å². The highest BCUT2D eigenvalue weighted by Crippen LogP contribution is 2.47. The van der Waals surface area contributed by atoms with Crippen molar-refractivity contribution in [2.45, 2.75) is 46.5 Å². The highest BCUT2D eigenvalue weighted by Gasteiger charge is 2.44. The lowest BCUT2D eigenvalue weighted by Crippen LogP contribution is -2.48. The number of halogens is 1. The smallest absolute Gasteiger partial charge is 0.324 e. The molecule has 0 spiro atoms. The first-order chi connectivity index (χ1) is 9.69. The lowest BCUT2D eigenvalue weighted by Gasteiger charge is -2.42. The Labute approximate surface area is 126 Å². The normalized spacial score (nSPS) is 14.4. The Balaban J connectivity index is 2.19.